The average Bonchev–Trinajstić information content (AvgIpc) is 2.29. The Morgan fingerprint density at radius 3 is 2.31 bits per heavy atom. The highest BCUT2D eigenvalue weighted by Crippen LogP contribution is 2.37. The molecule has 0 radical (unpaired) electrons. The Kier molecular flexibility index (Phi) is 4.59. The standard InChI is InChI=1S/C13H20O3/c1-3-8-13(9-4-2,12(14)15)11-7-5-6-10-16-11/h5-7,10-11H,3-4,8-9H2,1-2H3,(H,14,15). The van der Waals surface area contributed by atoms with Gasteiger partial charge in [0, 0.05) is 0 Å². The van der Waals surface area contributed by atoms with Crippen molar-refractivity contribution in [3.05, 3.63) is 24.5 Å². The van der Waals surface area contributed by atoms with Crippen molar-refractivity contribution >= 4 is 5.97 Å². The first-order valence-corrected chi connectivity index (χ1v) is 5.89. The van der Waals surface area contributed by atoms with Crippen molar-refractivity contribution in [1.29, 1.82) is 0 Å². The lowest BCUT2D eigenvalue weighted by Crippen LogP contribution is -2.42. The van der Waals surface area contributed by atoms with Crippen LogP contribution < -0.4 is 0 Å². The molecule has 0 fully saturated rings. The number of carboxylic acid groups (broad SMARTS) is 1. The normalized spacial score (nSPS) is 19.5. The molecule has 0 spiro atoms. The lowest BCUT2D eigenvalue weighted by atomic mass is 9.74. The van der Waals surface area contributed by atoms with Gasteiger partial charge in [-0.2, -0.15) is 0 Å². The van der Waals surface area contributed by atoms with Crippen molar-refractivity contribution in [3.63, 3.8) is 0 Å². The van der Waals surface area contributed by atoms with Crippen molar-refractivity contribution in [2.24, 2.45) is 5.41 Å². The molecule has 0 aromatic carbocycles. The van der Waals surface area contributed by atoms with Crippen LogP contribution in [0.15, 0.2) is 24.5 Å². The minimum atomic E-state index is -0.773. The van der Waals surface area contributed by atoms with Crippen molar-refractivity contribution < 1.29 is 14.6 Å². The van der Waals surface area contributed by atoms with Crippen LogP contribution in [0, 0.1) is 5.41 Å². The number of allylic oxidation sites excluding steroid dienone is 2. The zero-order chi connectivity index (χ0) is 12.0. The molecule has 0 bridgehead atoms. The van der Waals surface area contributed by atoms with Gasteiger partial charge >= 0.3 is 5.97 Å². The molecule has 0 aromatic rings. The molecule has 1 heterocycles. The third-order valence-corrected chi connectivity index (χ3v) is 3.06. The van der Waals surface area contributed by atoms with Gasteiger partial charge in [-0.1, -0.05) is 32.8 Å². The second kappa shape index (κ2) is 5.73. The van der Waals surface area contributed by atoms with Gasteiger partial charge in [-0.05, 0) is 25.0 Å². The number of hydrogen-bond donors (Lipinski definition) is 1. The van der Waals surface area contributed by atoms with Crippen LogP contribution in [-0.2, 0) is 9.53 Å². The van der Waals surface area contributed by atoms with Crippen LogP contribution >= 0.6 is 0 Å². The molecule has 1 rings (SSSR count). The summed E-state index contributed by atoms with van der Waals surface area (Å²) >= 11 is 0. The Labute approximate surface area is 96.8 Å². The van der Waals surface area contributed by atoms with Crippen molar-refractivity contribution in [1.82, 2.24) is 0 Å². The molecule has 16 heavy (non-hydrogen) atoms. The predicted molar refractivity (Wildman–Crippen MR) is 63.0 cm³/mol. The van der Waals surface area contributed by atoms with Crippen LogP contribution in [0.25, 0.3) is 0 Å². The monoisotopic (exact) mass is 224 g/mol. The number of ether oxygens (including phenoxy) is 1. The minimum Gasteiger partial charge on any atom is -0.493 e. The number of carbonyl (C=O) groups is 1. The molecule has 0 saturated carbocycles. The van der Waals surface area contributed by atoms with Crippen molar-refractivity contribution in [2.45, 2.75) is 45.6 Å². The molecule has 1 unspecified atom stereocenters. The van der Waals surface area contributed by atoms with E-state index in [1.807, 2.05) is 26.0 Å². The Morgan fingerprint density at radius 1 is 1.31 bits per heavy atom. The zero-order valence-corrected chi connectivity index (χ0v) is 9.98. The van der Waals surface area contributed by atoms with E-state index in [0.29, 0.717) is 12.8 Å². The number of hydrogen-bond acceptors (Lipinski definition) is 2. The first-order valence-electron chi connectivity index (χ1n) is 5.89. The second-order valence-electron chi connectivity index (χ2n) is 4.23. The molecular formula is C13H20O3. The Morgan fingerprint density at radius 2 is 1.94 bits per heavy atom. The van der Waals surface area contributed by atoms with Crippen LogP contribution in [0.3, 0.4) is 0 Å². The Hall–Kier alpha value is -1.25. The summed E-state index contributed by atoms with van der Waals surface area (Å²) in [6.07, 6.45) is 9.73. The highest BCUT2D eigenvalue weighted by Gasteiger charge is 2.44. The van der Waals surface area contributed by atoms with E-state index < -0.39 is 11.4 Å². The first-order chi connectivity index (χ1) is 7.67. The molecule has 90 valence electrons. The van der Waals surface area contributed by atoms with Gasteiger partial charge in [0.15, 0.2) is 0 Å². The number of carboxylic acids is 1. The molecule has 1 N–H and O–H groups in total. The quantitative estimate of drug-likeness (QED) is 0.754. The summed E-state index contributed by atoms with van der Waals surface area (Å²) in [4.78, 5) is 11.6. The van der Waals surface area contributed by atoms with Gasteiger partial charge in [-0.25, -0.2) is 0 Å². The van der Waals surface area contributed by atoms with Gasteiger partial charge in [0.2, 0.25) is 0 Å². The highest BCUT2D eigenvalue weighted by molar-refractivity contribution is 5.76. The summed E-state index contributed by atoms with van der Waals surface area (Å²) in [5.41, 5.74) is -0.773. The molecule has 1 atom stereocenters. The molecule has 0 saturated heterocycles. The van der Waals surface area contributed by atoms with Crippen LogP contribution in [0.1, 0.15) is 39.5 Å². The smallest absolute Gasteiger partial charge is 0.313 e. The average molecular weight is 224 g/mol. The van der Waals surface area contributed by atoms with E-state index in [2.05, 4.69) is 0 Å². The largest absolute Gasteiger partial charge is 0.493 e. The summed E-state index contributed by atoms with van der Waals surface area (Å²) in [5, 5.41) is 9.50. The van der Waals surface area contributed by atoms with E-state index in [4.69, 9.17) is 4.74 Å². The molecule has 3 nitrogen and oxygen atoms in total. The summed E-state index contributed by atoms with van der Waals surface area (Å²) in [7, 11) is 0. The van der Waals surface area contributed by atoms with E-state index in [9.17, 15) is 9.90 Å². The number of rotatable bonds is 6. The van der Waals surface area contributed by atoms with Crippen LogP contribution in [0.5, 0.6) is 0 Å². The summed E-state index contributed by atoms with van der Waals surface area (Å²) in [6.45, 7) is 4.02. The molecular weight excluding hydrogens is 204 g/mol. The summed E-state index contributed by atoms with van der Waals surface area (Å²) in [6, 6.07) is 0. The third-order valence-electron chi connectivity index (χ3n) is 3.06. The lowest BCUT2D eigenvalue weighted by Gasteiger charge is -2.35. The predicted octanol–water partition coefficient (Wildman–Crippen LogP) is 3.13. The molecule has 1 aliphatic heterocycles. The van der Waals surface area contributed by atoms with E-state index >= 15 is 0 Å². The van der Waals surface area contributed by atoms with Crippen LogP contribution in [0.2, 0.25) is 0 Å². The van der Waals surface area contributed by atoms with Crippen molar-refractivity contribution in [2.75, 3.05) is 0 Å². The van der Waals surface area contributed by atoms with Gasteiger partial charge in [0.05, 0.1) is 6.26 Å². The Balaban J connectivity index is 2.94. The molecule has 0 aliphatic carbocycles. The van der Waals surface area contributed by atoms with E-state index in [-0.39, 0.29) is 6.10 Å². The fourth-order valence-corrected chi connectivity index (χ4v) is 2.34. The van der Waals surface area contributed by atoms with Gasteiger partial charge in [0.1, 0.15) is 11.5 Å². The van der Waals surface area contributed by atoms with Crippen LogP contribution in [-0.4, -0.2) is 17.2 Å². The minimum absolute atomic E-state index is 0.338. The zero-order valence-electron chi connectivity index (χ0n) is 9.98. The lowest BCUT2D eigenvalue weighted by molar-refractivity contribution is -0.156. The van der Waals surface area contributed by atoms with Gasteiger partial charge < -0.3 is 9.84 Å². The van der Waals surface area contributed by atoms with E-state index in [0.717, 1.165) is 12.8 Å². The van der Waals surface area contributed by atoms with Gasteiger partial charge in [0.25, 0.3) is 0 Å². The summed E-state index contributed by atoms with van der Waals surface area (Å²) in [5.74, 6) is -0.749. The van der Waals surface area contributed by atoms with Gasteiger partial charge in [-0.3, -0.25) is 4.79 Å². The fraction of sp³-hybridized carbons (Fsp3) is 0.615. The Bertz CT molecular complexity index is 286. The maximum absolute atomic E-state index is 11.6. The topological polar surface area (TPSA) is 46.5 Å². The summed E-state index contributed by atoms with van der Waals surface area (Å²) < 4.78 is 5.46. The van der Waals surface area contributed by atoms with Gasteiger partial charge in [-0.15, -0.1) is 0 Å². The molecule has 0 aromatic heterocycles. The molecule has 1 aliphatic rings. The van der Waals surface area contributed by atoms with Crippen LogP contribution in [0.4, 0.5) is 0 Å². The number of aliphatic carboxylic acids is 1. The molecule has 3 heteroatoms. The third kappa shape index (κ3) is 2.46. The highest BCUT2D eigenvalue weighted by atomic mass is 16.5. The van der Waals surface area contributed by atoms with Crippen molar-refractivity contribution in [3.8, 4) is 0 Å². The van der Waals surface area contributed by atoms with E-state index in [1.165, 1.54) is 0 Å². The first kappa shape index (κ1) is 12.8. The second-order valence-corrected chi connectivity index (χ2v) is 4.23. The maximum atomic E-state index is 11.6. The molecule has 0 amide bonds. The maximum Gasteiger partial charge on any atom is 0.313 e. The SMILES string of the molecule is CCCC(CCC)(C(=O)O)C1C=CC=CO1. The van der Waals surface area contributed by atoms with E-state index in [1.54, 1.807) is 12.3 Å². The fourth-order valence-electron chi connectivity index (χ4n) is 2.34.